The number of rotatable bonds is 3. The molecule has 0 radical (unpaired) electrons. The molecule has 0 aromatic heterocycles. The van der Waals surface area contributed by atoms with Gasteiger partial charge in [-0.25, -0.2) is 0 Å². The third-order valence-corrected chi connectivity index (χ3v) is 3.72. The number of hydrogen-bond acceptors (Lipinski definition) is 1. The molecule has 0 aliphatic carbocycles. The van der Waals surface area contributed by atoms with Crippen molar-refractivity contribution in [3.05, 3.63) is 90.0 Å². The molecular weight excluding hydrogens is 327 g/mol. The van der Waals surface area contributed by atoms with Crippen LogP contribution in [0.5, 0.6) is 0 Å². The molecule has 3 rings (SSSR count). The van der Waals surface area contributed by atoms with Crippen molar-refractivity contribution in [2.75, 3.05) is 5.32 Å². The van der Waals surface area contributed by atoms with Crippen molar-refractivity contribution in [3.63, 3.8) is 0 Å². The van der Waals surface area contributed by atoms with Gasteiger partial charge in [-0.3, -0.25) is 4.79 Å². The minimum absolute atomic E-state index is 0.107. The quantitative estimate of drug-likeness (QED) is 0.658. The van der Waals surface area contributed by atoms with Crippen LogP contribution in [0.4, 0.5) is 18.9 Å². The standard InChI is InChI=1S/C20H14F3NO/c21-20(22,23)18-9-5-4-8-17(18)14-10-12-16(13-11-14)24-19(25)15-6-2-1-3-7-15/h1-13H,(H,24,25). The number of halogens is 3. The number of benzene rings is 3. The minimum atomic E-state index is -4.42. The molecule has 0 heterocycles. The molecule has 5 heteroatoms. The highest BCUT2D eigenvalue weighted by molar-refractivity contribution is 6.04. The van der Waals surface area contributed by atoms with Crippen LogP contribution >= 0.6 is 0 Å². The molecule has 0 saturated carbocycles. The highest BCUT2D eigenvalue weighted by atomic mass is 19.4. The zero-order chi connectivity index (χ0) is 17.9. The van der Waals surface area contributed by atoms with E-state index in [1.54, 1.807) is 54.6 Å². The van der Waals surface area contributed by atoms with Gasteiger partial charge in [-0.05, 0) is 41.5 Å². The molecule has 0 aliphatic heterocycles. The Balaban J connectivity index is 1.83. The maximum atomic E-state index is 13.1. The molecule has 25 heavy (non-hydrogen) atoms. The van der Waals surface area contributed by atoms with E-state index < -0.39 is 11.7 Å². The maximum absolute atomic E-state index is 13.1. The molecule has 3 aromatic carbocycles. The van der Waals surface area contributed by atoms with Crippen LogP contribution in [0.2, 0.25) is 0 Å². The van der Waals surface area contributed by atoms with E-state index in [0.717, 1.165) is 6.07 Å². The Labute approximate surface area is 142 Å². The maximum Gasteiger partial charge on any atom is 0.417 e. The molecular formula is C20H14F3NO. The molecule has 0 aliphatic rings. The van der Waals surface area contributed by atoms with Crippen LogP contribution in [0.15, 0.2) is 78.9 Å². The SMILES string of the molecule is O=C(Nc1ccc(-c2ccccc2C(F)(F)F)cc1)c1ccccc1. The highest BCUT2D eigenvalue weighted by Gasteiger charge is 2.33. The predicted octanol–water partition coefficient (Wildman–Crippen LogP) is 5.62. The highest BCUT2D eigenvalue weighted by Crippen LogP contribution is 2.37. The van der Waals surface area contributed by atoms with E-state index in [-0.39, 0.29) is 11.5 Å². The number of hydrogen-bond donors (Lipinski definition) is 1. The Hall–Kier alpha value is -3.08. The van der Waals surface area contributed by atoms with Crippen LogP contribution < -0.4 is 5.32 Å². The summed E-state index contributed by atoms with van der Waals surface area (Å²) in [7, 11) is 0. The number of carbonyl (C=O) groups is 1. The Morgan fingerprint density at radius 1 is 0.760 bits per heavy atom. The number of anilines is 1. The summed E-state index contributed by atoms with van der Waals surface area (Å²) < 4.78 is 39.3. The van der Waals surface area contributed by atoms with Crippen molar-refractivity contribution in [1.29, 1.82) is 0 Å². The lowest BCUT2D eigenvalue weighted by atomic mass is 9.99. The molecule has 0 atom stereocenters. The zero-order valence-electron chi connectivity index (χ0n) is 13.0. The molecule has 0 saturated heterocycles. The lowest BCUT2D eigenvalue weighted by Gasteiger charge is -2.13. The van der Waals surface area contributed by atoms with Crippen molar-refractivity contribution in [2.45, 2.75) is 6.18 Å². The van der Waals surface area contributed by atoms with Crippen LogP contribution in [0.1, 0.15) is 15.9 Å². The second-order valence-corrected chi connectivity index (χ2v) is 5.44. The number of amides is 1. The van der Waals surface area contributed by atoms with E-state index in [4.69, 9.17) is 0 Å². The summed E-state index contributed by atoms with van der Waals surface area (Å²) in [4.78, 5) is 12.1. The minimum Gasteiger partial charge on any atom is -0.322 e. The smallest absolute Gasteiger partial charge is 0.322 e. The monoisotopic (exact) mass is 341 g/mol. The van der Waals surface area contributed by atoms with Gasteiger partial charge in [0, 0.05) is 11.3 Å². The zero-order valence-corrected chi connectivity index (χ0v) is 13.0. The summed E-state index contributed by atoms with van der Waals surface area (Å²) in [6.45, 7) is 0. The Kier molecular flexibility index (Phi) is 4.57. The average Bonchev–Trinajstić information content (AvgIpc) is 2.62. The molecule has 0 spiro atoms. The number of carbonyl (C=O) groups excluding carboxylic acids is 1. The van der Waals surface area contributed by atoms with Crippen molar-refractivity contribution in [3.8, 4) is 11.1 Å². The summed E-state index contributed by atoms with van der Waals surface area (Å²) in [5, 5.41) is 2.72. The topological polar surface area (TPSA) is 29.1 Å². The fraction of sp³-hybridized carbons (Fsp3) is 0.0500. The molecule has 3 aromatic rings. The molecule has 0 bridgehead atoms. The number of alkyl halides is 3. The molecule has 0 unspecified atom stereocenters. The van der Waals surface area contributed by atoms with Crippen molar-refractivity contribution < 1.29 is 18.0 Å². The Bertz CT molecular complexity index is 871. The molecule has 126 valence electrons. The van der Waals surface area contributed by atoms with E-state index in [2.05, 4.69) is 5.32 Å². The Morgan fingerprint density at radius 2 is 1.36 bits per heavy atom. The first-order chi connectivity index (χ1) is 11.9. The second-order valence-electron chi connectivity index (χ2n) is 5.44. The summed E-state index contributed by atoms with van der Waals surface area (Å²) >= 11 is 0. The van der Waals surface area contributed by atoms with E-state index in [9.17, 15) is 18.0 Å². The molecule has 2 nitrogen and oxygen atoms in total. The van der Waals surface area contributed by atoms with Gasteiger partial charge in [0.2, 0.25) is 0 Å². The van der Waals surface area contributed by atoms with Crippen LogP contribution in [-0.4, -0.2) is 5.91 Å². The normalized spacial score (nSPS) is 11.2. The average molecular weight is 341 g/mol. The van der Waals surface area contributed by atoms with Gasteiger partial charge in [0.1, 0.15) is 0 Å². The summed E-state index contributed by atoms with van der Waals surface area (Å²) in [6.07, 6.45) is -4.42. The third kappa shape index (κ3) is 3.88. The number of nitrogens with one attached hydrogen (secondary N) is 1. The van der Waals surface area contributed by atoms with Crippen LogP contribution in [0.3, 0.4) is 0 Å². The summed E-state index contributed by atoms with van der Waals surface area (Å²) in [5.74, 6) is -0.274. The summed E-state index contributed by atoms with van der Waals surface area (Å²) in [5.41, 5.74) is 0.883. The fourth-order valence-corrected chi connectivity index (χ4v) is 2.51. The Morgan fingerprint density at radius 3 is 2.00 bits per heavy atom. The van der Waals surface area contributed by atoms with E-state index in [0.29, 0.717) is 16.8 Å². The van der Waals surface area contributed by atoms with Gasteiger partial charge < -0.3 is 5.32 Å². The first-order valence-electron chi connectivity index (χ1n) is 7.58. The second kappa shape index (κ2) is 6.81. The van der Waals surface area contributed by atoms with Gasteiger partial charge in [0.05, 0.1) is 5.56 Å². The van der Waals surface area contributed by atoms with Gasteiger partial charge >= 0.3 is 6.18 Å². The van der Waals surface area contributed by atoms with Crippen LogP contribution in [0.25, 0.3) is 11.1 Å². The van der Waals surface area contributed by atoms with Gasteiger partial charge in [-0.2, -0.15) is 13.2 Å². The lowest BCUT2D eigenvalue weighted by molar-refractivity contribution is -0.137. The van der Waals surface area contributed by atoms with Crippen molar-refractivity contribution in [2.24, 2.45) is 0 Å². The van der Waals surface area contributed by atoms with Crippen molar-refractivity contribution in [1.82, 2.24) is 0 Å². The lowest BCUT2D eigenvalue weighted by Crippen LogP contribution is -2.11. The molecule has 0 fully saturated rings. The third-order valence-electron chi connectivity index (χ3n) is 3.72. The van der Waals surface area contributed by atoms with Gasteiger partial charge in [0.25, 0.3) is 5.91 Å². The first-order valence-corrected chi connectivity index (χ1v) is 7.58. The van der Waals surface area contributed by atoms with Gasteiger partial charge in [-0.1, -0.05) is 48.5 Å². The van der Waals surface area contributed by atoms with Crippen LogP contribution in [0, 0.1) is 0 Å². The van der Waals surface area contributed by atoms with Gasteiger partial charge in [0.15, 0.2) is 0 Å². The van der Waals surface area contributed by atoms with E-state index >= 15 is 0 Å². The van der Waals surface area contributed by atoms with Gasteiger partial charge in [-0.15, -0.1) is 0 Å². The molecule has 1 amide bonds. The predicted molar refractivity (Wildman–Crippen MR) is 91.3 cm³/mol. The first kappa shape index (κ1) is 16.8. The van der Waals surface area contributed by atoms with E-state index in [1.807, 2.05) is 6.07 Å². The van der Waals surface area contributed by atoms with Crippen LogP contribution in [-0.2, 0) is 6.18 Å². The van der Waals surface area contributed by atoms with E-state index in [1.165, 1.54) is 12.1 Å². The largest absolute Gasteiger partial charge is 0.417 e. The fourth-order valence-electron chi connectivity index (χ4n) is 2.51. The molecule has 1 N–H and O–H groups in total. The summed E-state index contributed by atoms with van der Waals surface area (Å²) in [6, 6.07) is 20.4. The van der Waals surface area contributed by atoms with Crippen molar-refractivity contribution >= 4 is 11.6 Å².